The summed E-state index contributed by atoms with van der Waals surface area (Å²) in [4.78, 5) is 14.4. The quantitative estimate of drug-likeness (QED) is 0.695. The van der Waals surface area contributed by atoms with Crippen LogP contribution in [0.3, 0.4) is 0 Å². The third-order valence-electron chi connectivity index (χ3n) is 4.46. The first-order chi connectivity index (χ1) is 12.9. The van der Waals surface area contributed by atoms with Gasteiger partial charge in [-0.3, -0.25) is 4.79 Å². The Bertz CT molecular complexity index is 896. The monoisotopic (exact) mass is 385 g/mol. The van der Waals surface area contributed by atoms with E-state index in [4.69, 9.17) is 16.2 Å². The second-order valence-corrected chi connectivity index (χ2v) is 6.89. The first-order valence-electron chi connectivity index (χ1n) is 8.50. The van der Waals surface area contributed by atoms with Crippen molar-refractivity contribution in [2.45, 2.75) is 25.8 Å². The maximum Gasteiger partial charge on any atom is 0.223 e. The summed E-state index contributed by atoms with van der Waals surface area (Å²) in [5.41, 5.74) is 3.05. The van der Waals surface area contributed by atoms with Gasteiger partial charge in [-0.15, -0.1) is 0 Å². The molecule has 0 aliphatic carbocycles. The molecule has 1 heterocycles. The van der Waals surface area contributed by atoms with Gasteiger partial charge in [0.2, 0.25) is 5.91 Å². The molecule has 3 rings (SSSR count). The third kappa shape index (κ3) is 4.65. The van der Waals surface area contributed by atoms with Crippen LogP contribution in [-0.4, -0.2) is 33.3 Å². The molecule has 1 unspecified atom stereocenters. The fourth-order valence-corrected chi connectivity index (χ4v) is 3.13. The molecule has 2 aromatic carbocycles. The highest BCUT2D eigenvalue weighted by molar-refractivity contribution is 6.30. The molecule has 0 spiro atoms. The summed E-state index contributed by atoms with van der Waals surface area (Å²) in [6, 6.07) is 14.3. The molecule has 0 radical (unpaired) electrons. The second kappa shape index (κ2) is 8.22. The van der Waals surface area contributed by atoms with Gasteiger partial charge in [0.15, 0.2) is 0 Å². The summed E-state index contributed by atoms with van der Waals surface area (Å²) in [5, 5.41) is 18.0. The number of carbonyl (C=O) groups excluding carboxylic acids is 1. The van der Waals surface area contributed by atoms with Crippen molar-refractivity contribution in [3.63, 3.8) is 0 Å². The van der Waals surface area contributed by atoms with Gasteiger partial charge in [-0.1, -0.05) is 46.2 Å². The summed E-state index contributed by atoms with van der Waals surface area (Å²) in [5.74, 6) is -0.141. The molecule has 1 aromatic heterocycles. The highest BCUT2D eigenvalue weighted by atomic mass is 35.5. The third-order valence-corrected chi connectivity index (χ3v) is 4.70. The summed E-state index contributed by atoms with van der Waals surface area (Å²) in [6.45, 7) is 2.10. The van der Waals surface area contributed by atoms with Crippen molar-refractivity contribution >= 4 is 17.5 Å². The van der Waals surface area contributed by atoms with Gasteiger partial charge in [-0.2, -0.15) is 0 Å². The minimum absolute atomic E-state index is 0.0641. The highest BCUT2D eigenvalue weighted by Gasteiger charge is 2.22. The molecule has 0 saturated heterocycles. The van der Waals surface area contributed by atoms with Crippen molar-refractivity contribution in [1.29, 1.82) is 0 Å². The molecule has 0 bridgehead atoms. The van der Waals surface area contributed by atoms with E-state index in [1.54, 1.807) is 43.1 Å². The molecule has 6 nitrogen and oxygen atoms in total. The number of hydrogen-bond donors (Lipinski definition) is 1. The van der Waals surface area contributed by atoms with E-state index in [0.29, 0.717) is 23.0 Å². The first-order valence-corrected chi connectivity index (χ1v) is 8.88. The number of benzene rings is 2. The van der Waals surface area contributed by atoms with Crippen LogP contribution in [0.4, 0.5) is 0 Å². The van der Waals surface area contributed by atoms with Gasteiger partial charge in [0.1, 0.15) is 17.1 Å². The predicted octanol–water partition coefficient (Wildman–Crippen LogP) is 3.92. The van der Waals surface area contributed by atoms with Gasteiger partial charge < -0.3 is 10.0 Å². The van der Waals surface area contributed by atoms with E-state index in [2.05, 4.69) is 10.3 Å². The van der Waals surface area contributed by atoms with E-state index >= 15 is 0 Å². The van der Waals surface area contributed by atoms with Gasteiger partial charge in [0.05, 0.1) is 6.54 Å². The molecule has 0 saturated carbocycles. The summed E-state index contributed by atoms with van der Waals surface area (Å²) in [6.07, 6.45) is 0.227. The number of phenols is 1. The number of aromatic nitrogens is 2. The minimum atomic E-state index is -0.234. The lowest BCUT2D eigenvalue weighted by molar-refractivity contribution is -0.130. The van der Waals surface area contributed by atoms with Gasteiger partial charge in [-0.05, 0) is 42.3 Å². The van der Waals surface area contributed by atoms with E-state index in [1.807, 2.05) is 24.3 Å². The summed E-state index contributed by atoms with van der Waals surface area (Å²) >= 11 is 6.15. The molecular weight excluding hydrogens is 366 g/mol. The maximum atomic E-state index is 12.9. The number of hydrogen-bond acceptors (Lipinski definition) is 5. The molecule has 7 heteroatoms. The largest absolute Gasteiger partial charge is 0.508 e. The van der Waals surface area contributed by atoms with Crippen LogP contribution in [-0.2, 0) is 11.3 Å². The number of amides is 1. The average Bonchev–Trinajstić information content (AvgIpc) is 3.04. The van der Waals surface area contributed by atoms with Crippen molar-refractivity contribution in [3.8, 4) is 5.75 Å². The number of rotatable bonds is 6. The van der Waals surface area contributed by atoms with E-state index in [-0.39, 0.29) is 24.0 Å². The average molecular weight is 386 g/mol. The SMILES string of the molecule is Cc1nonc1CN(C)C(=O)CC(c1cccc(O)c1)c1cccc(Cl)c1. The molecule has 3 aromatic rings. The Morgan fingerprint density at radius 1 is 1.19 bits per heavy atom. The van der Waals surface area contributed by atoms with E-state index in [0.717, 1.165) is 11.1 Å². The highest BCUT2D eigenvalue weighted by Crippen LogP contribution is 2.32. The Labute approximate surface area is 162 Å². The van der Waals surface area contributed by atoms with Crippen LogP contribution in [0.5, 0.6) is 5.75 Å². The molecule has 0 aliphatic rings. The lowest BCUT2D eigenvalue weighted by Crippen LogP contribution is -2.28. The van der Waals surface area contributed by atoms with Crippen LogP contribution in [0.1, 0.15) is 34.9 Å². The minimum Gasteiger partial charge on any atom is -0.508 e. The zero-order valence-electron chi connectivity index (χ0n) is 15.1. The number of nitrogens with zero attached hydrogens (tertiary/aromatic N) is 3. The normalized spacial score (nSPS) is 12.0. The number of carbonyl (C=O) groups is 1. The van der Waals surface area contributed by atoms with Crippen molar-refractivity contribution in [2.75, 3.05) is 7.05 Å². The van der Waals surface area contributed by atoms with E-state index in [9.17, 15) is 9.90 Å². The Morgan fingerprint density at radius 3 is 2.52 bits per heavy atom. The zero-order valence-corrected chi connectivity index (χ0v) is 15.8. The standard InChI is InChI=1S/C20H20ClN3O3/c1-13-19(23-27-22-13)12-24(2)20(26)11-18(14-5-3-7-16(21)9-14)15-6-4-8-17(25)10-15/h3-10,18,25H,11-12H2,1-2H3. The van der Waals surface area contributed by atoms with Crippen LogP contribution < -0.4 is 0 Å². The molecule has 0 fully saturated rings. The Kier molecular flexibility index (Phi) is 5.76. The fourth-order valence-electron chi connectivity index (χ4n) is 2.93. The van der Waals surface area contributed by atoms with Crippen LogP contribution in [0.25, 0.3) is 0 Å². The predicted molar refractivity (Wildman–Crippen MR) is 102 cm³/mol. The van der Waals surface area contributed by atoms with Crippen LogP contribution in [0.2, 0.25) is 5.02 Å². The van der Waals surface area contributed by atoms with Crippen molar-refractivity contribution in [2.24, 2.45) is 0 Å². The molecule has 1 atom stereocenters. The van der Waals surface area contributed by atoms with Crippen LogP contribution in [0.15, 0.2) is 53.2 Å². The number of phenolic OH excluding ortho intramolecular Hbond substituents is 1. The number of halogens is 1. The van der Waals surface area contributed by atoms with Crippen molar-refractivity contribution in [3.05, 3.63) is 76.1 Å². The molecule has 27 heavy (non-hydrogen) atoms. The van der Waals surface area contributed by atoms with Gasteiger partial charge >= 0.3 is 0 Å². The number of aryl methyl sites for hydroxylation is 1. The van der Waals surface area contributed by atoms with Gasteiger partial charge in [0.25, 0.3) is 0 Å². The lowest BCUT2D eigenvalue weighted by Gasteiger charge is -2.22. The fraction of sp³-hybridized carbons (Fsp3) is 0.250. The molecule has 1 N–H and O–H groups in total. The molecule has 1 amide bonds. The first kappa shape index (κ1) is 18.9. The second-order valence-electron chi connectivity index (χ2n) is 6.45. The molecule has 0 aliphatic heterocycles. The van der Waals surface area contributed by atoms with Gasteiger partial charge in [-0.25, -0.2) is 4.63 Å². The number of aromatic hydroxyl groups is 1. The van der Waals surface area contributed by atoms with Crippen molar-refractivity contribution < 1.29 is 14.5 Å². The van der Waals surface area contributed by atoms with Crippen molar-refractivity contribution in [1.82, 2.24) is 15.2 Å². The van der Waals surface area contributed by atoms with Gasteiger partial charge in [0, 0.05) is 24.4 Å². The maximum absolute atomic E-state index is 12.9. The molecular formula is C20H20ClN3O3. The summed E-state index contributed by atoms with van der Waals surface area (Å²) in [7, 11) is 1.72. The van der Waals surface area contributed by atoms with E-state index in [1.165, 1.54) is 0 Å². The lowest BCUT2D eigenvalue weighted by atomic mass is 9.88. The van der Waals surface area contributed by atoms with Crippen LogP contribution in [0, 0.1) is 6.92 Å². The van der Waals surface area contributed by atoms with Crippen LogP contribution >= 0.6 is 11.6 Å². The smallest absolute Gasteiger partial charge is 0.223 e. The summed E-state index contributed by atoms with van der Waals surface area (Å²) < 4.78 is 4.69. The Morgan fingerprint density at radius 2 is 1.89 bits per heavy atom. The topological polar surface area (TPSA) is 79.5 Å². The van der Waals surface area contributed by atoms with E-state index < -0.39 is 0 Å². The molecule has 140 valence electrons. The Hall–Kier alpha value is -2.86. The Balaban J connectivity index is 1.84. The zero-order chi connectivity index (χ0) is 19.4.